The zero-order valence-corrected chi connectivity index (χ0v) is 17.2. The van der Waals surface area contributed by atoms with Gasteiger partial charge in [-0.15, -0.1) is 0 Å². The first-order valence-electron chi connectivity index (χ1n) is 9.33. The number of rotatable bonds is 4. The molecule has 0 radical (unpaired) electrons. The molecule has 2 saturated heterocycles. The predicted molar refractivity (Wildman–Crippen MR) is 101 cm³/mol. The van der Waals surface area contributed by atoms with Crippen LogP contribution < -0.4 is 0 Å². The molecule has 0 saturated carbocycles. The van der Waals surface area contributed by atoms with Crippen LogP contribution in [0.3, 0.4) is 0 Å². The maximum Gasteiger partial charge on any atom is 0.490 e. The Balaban J connectivity index is 0.000000396. The minimum atomic E-state index is -5.08. The van der Waals surface area contributed by atoms with Crippen molar-refractivity contribution in [3.8, 4) is 0 Å². The molecule has 2 aliphatic rings. The summed E-state index contributed by atoms with van der Waals surface area (Å²) in [4.78, 5) is 27.2. The first kappa shape index (κ1) is 24.1. The van der Waals surface area contributed by atoms with Gasteiger partial charge in [0, 0.05) is 45.0 Å². The van der Waals surface area contributed by atoms with Crippen LogP contribution in [0.4, 0.5) is 13.2 Å². The molecular formula is C18H24F3N3O5S. The van der Waals surface area contributed by atoms with E-state index in [4.69, 9.17) is 9.90 Å². The lowest BCUT2D eigenvalue weighted by molar-refractivity contribution is -0.192. The van der Waals surface area contributed by atoms with E-state index in [1.54, 1.807) is 23.6 Å². The van der Waals surface area contributed by atoms with Gasteiger partial charge in [-0.25, -0.2) is 17.5 Å². The van der Waals surface area contributed by atoms with E-state index in [0.717, 1.165) is 24.9 Å². The van der Waals surface area contributed by atoms with Gasteiger partial charge in [0.25, 0.3) is 0 Å². The number of halogens is 3. The minimum absolute atomic E-state index is 0.0565. The molecule has 1 spiro atoms. The number of carbonyl (C=O) groups is 2. The highest BCUT2D eigenvalue weighted by Crippen LogP contribution is 2.42. The quantitative estimate of drug-likeness (QED) is 0.749. The molecule has 0 atom stereocenters. The molecule has 0 aromatic carbocycles. The van der Waals surface area contributed by atoms with E-state index in [1.807, 2.05) is 17.0 Å². The van der Waals surface area contributed by atoms with Crippen LogP contribution in [0.2, 0.25) is 0 Å². The van der Waals surface area contributed by atoms with Gasteiger partial charge in [0.2, 0.25) is 15.9 Å². The molecule has 0 bridgehead atoms. The molecule has 1 amide bonds. The van der Waals surface area contributed by atoms with Gasteiger partial charge in [-0.05, 0) is 36.8 Å². The Morgan fingerprint density at radius 2 is 1.90 bits per heavy atom. The third-order valence-corrected chi connectivity index (χ3v) is 7.17. The van der Waals surface area contributed by atoms with Gasteiger partial charge in [-0.3, -0.25) is 9.78 Å². The first-order chi connectivity index (χ1) is 13.9. The molecule has 1 aromatic heterocycles. The number of hydrogen-bond donors (Lipinski definition) is 1. The Labute approximate surface area is 172 Å². The summed E-state index contributed by atoms with van der Waals surface area (Å²) in [6.07, 6.45) is 0.492. The van der Waals surface area contributed by atoms with E-state index in [0.29, 0.717) is 26.1 Å². The summed E-state index contributed by atoms with van der Waals surface area (Å²) in [5, 5.41) is 7.12. The van der Waals surface area contributed by atoms with Crippen molar-refractivity contribution in [1.29, 1.82) is 0 Å². The highest BCUT2D eigenvalue weighted by atomic mass is 32.2. The molecule has 2 aliphatic heterocycles. The monoisotopic (exact) mass is 451 g/mol. The number of carboxylic acid groups (broad SMARTS) is 1. The number of piperidine rings is 1. The Kier molecular flexibility index (Phi) is 7.45. The van der Waals surface area contributed by atoms with Crippen LogP contribution in [-0.2, 0) is 26.2 Å². The van der Waals surface area contributed by atoms with Gasteiger partial charge < -0.3 is 10.0 Å². The number of hydrogen-bond acceptors (Lipinski definition) is 5. The van der Waals surface area contributed by atoms with Crippen LogP contribution in [-0.4, -0.2) is 71.2 Å². The third-order valence-electron chi connectivity index (χ3n) is 5.29. The number of carbonyl (C=O) groups excluding carboxylic acids is 1. The Hall–Kier alpha value is -2.21. The molecule has 8 nitrogen and oxygen atoms in total. The minimum Gasteiger partial charge on any atom is -0.475 e. The fourth-order valence-electron chi connectivity index (χ4n) is 3.59. The predicted octanol–water partition coefficient (Wildman–Crippen LogP) is 1.88. The summed E-state index contributed by atoms with van der Waals surface area (Å²) < 4.78 is 57.3. The summed E-state index contributed by atoms with van der Waals surface area (Å²) in [6, 6.07) is 3.85. The van der Waals surface area contributed by atoms with E-state index >= 15 is 0 Å². The van der Waals surface area contributed by atoms with Crippen molar-refractivity contribution in [2.45, 2.75) is 38.9 Å². The summed E-state index contributed by atoms with van der Waals surface area (Å²) in [6.45, 7) is 4.05. The molecular weight excluding hydrogens is 427 g/mol. The molecule has 0 aliphatic carbocycles. The number of aromatic nitrogens is 1. The Morgan fingerprint density at radius 1 is 1.30 bits per heavy atom. The van der Waals surface area contributed by atoms with Crippen molar-refractivity contribution >= 4 is 21.9 Å². The molecule has 0 unspecified atom stereocenters. The van der Waals surface area contributed by atoms with E-state index in [2.05, 4.69) is 4.98 Å². The van der Waals surface area contributed by atoms with E-state index in [1.165, 1.54) is 0 Å². The third kappa shape index (κ3) is 6.14. The summed E-state index contributed by atoms with van der Waals surface area (Å²) in [7, 11) is -3.12. The van der Waals surface area contributed by atoms with Crippen molar-refractivity contribution < 1.29 is 36.3 Å². The SMILES string of the molecule is CCS(=O)(=O)N1CCC2(CC1)CC(=O)N(Cc1cccnc1)C2.O=C(O)C(F)(F)F. The smallest absolute Gasteiger partial charge is 0.475 e. The Morgan fingerprint density at radius 3 is 2.37 bits per heavy atom. The van der Waals surface area contributed by atoms with Crippen LogP contribution >= 0.6 is 0 Å². The van der Waals surface area contributed by atoms with E-state index in [9.17, 15) is 26.4 Å². The van der Waals surface area contributed by atoms with Crippen LogP contribution in [0, 0.1) is 5.41 Å². The standard InChI is InChI=1S/C16H23N3O3S.C2HF3O2/c1-2-23(21,22)19-8-5-16(6-9-19)10-15(20)18(13-16)12-14-4-3-7-17-11-14;3-2(4,5)1(6)7/h3-4,7,11H,2,5-6,8-10,12-13H2,1H3;(H,6,7). The molecule has 2 fully saturated rings. The van der Waals surface area contributed by atoms with Gasteiger partial charge in [0.15, 0.2) is 0 Å². The van der Waals surface area contributed by atoms with Crippen molar-refractivity contribution in [2.75, 3.05) is 25.4 Å². The van der Waals surface area contributed by atoms with Gasteiger partial charge in [0.1, 0.15) is 0 Å². The molecule has 3 heterocycles. The second kappa shape index (κ2) is 9.29. The van der Waals surface area contributed by atoms with Crippen LogP contribution in [0.25, 0.3) is 0 Å². The maximum atomic E-state index is 12.4. The molecule has 12 heteroatoms. The number of likely N-dealkylation sites (tertiary alicyclic amines) is 1. The van der Waals surface area contributed by atoms with Crippen LogP contribution in [0.5, 0.6) is 0 Å². The topological polar surface area (TPSA) is 108 Å². The number of aliphatic carboxylic acids is 1. The van der Waals surface area contributed by atoms with Gasteiger partial charge in [-0.2, -0.15) is 13.2 Å². The summed E-state index contributed by atoms with van der Waals surface area (Å²) in [5.74, 6) is -2.44. The molecule has 1 aromatic rings. The lowest BCUT2D eigenvalue weighted by Crippen LogP contribution is -2.44. The average molecular weight is 451 g/mol. The molecule has 30 heavy (non-hydrogen) atoms. The number of pyridine rings is 1. The van der Waals surface area contributed by atoms with Gasteiger partial charge >= 0.3 is 12.1 Å². The molecule has 1 N–H and O–H groups in total. The number of nitrogens with zero attached hydrogens (tertiary/aromatic N) is 3. The number of amides is 1. The second-order valence-corrected chi connectivity index (χ2v) is 9.65. The highest BCUT2D eigenvalue weighted by Gasteiger charge is 2.46. The van der Waals surface area contributed by atoms with E-state index < -0.39 is 22.2 Å². The first-order valence-corrected chi connectivity index (χ1v) is 10.9. The largest absolute Gasteiger partial charge is 0.490 e. The molecule has 168 valence electrons. The van der Waals surface area contributed by atoms with Crippen molar-refractivity contribution in [2.24, 2.45) is 5.41 Å². The van der Waals surface area contributed by atoms with Crippen LogP contribution in [0.15, 0.2) is 24.5 Å². The summed E-state index contributed by atoms with van der Waals surface area (Å²) >= 11 is 0. The fourth-order valence-corrected chi connectivity index (χ4v) is 4.70. The van der Waals surface area contributed by atoms with Crippen molar-refractivity contribution in [3.63, 3.8) is 0 Å². The van der Waals surface area contributed by atoms with Crippen LogP contribution in [0.1, 0.15) is 31.7 Å². The zero-order valence-electron chi connectivity index (χ0n) is 16.4. The average Bonchev–Trinajstić information content (AvgIpc) is 2.97. The second-order valence-electron chi connectivity index (χ2n) is 7.39. The summed E-state index contributed by atoms with van der Waals surface area (Å²) in [5.41, 5.74) is 0.975. The highest BCUT2D eigenvalue weighted by molar-refractivity contribution is 7.89. The van der Waals surface area contributed by atoms with Crippen molar-refractivity contribution in [3.05, 3.63) is 30.1 Å². The lowest BCUT2D eigenvalue weighted by Gasteiger charge is -2.38. The Bertz CT molecular complexity index is 854. The fraction of sp³-hybridized carbons (Fsp3) is 0.611. The zero-order chi connectivity index (χ0) is 22.6. The van der Waals surface area contributed by atoms with Gasteiger partial charge in [-0.1, -0.05) is 6.07 Å². The number of carboxylic acids is 1. The normalized spacial score (nSPS) is 19.5. The number of sulfonamides is 1. The molecule has 3 rings (SSSR count). The van der Waals surface area contributed by atoms with Gasteiger partial charge in [0.05, 0.1) is 5.75 Å². The maximum absolute atomic E-state index is 12.4. The number of alkyl halides is 3. The van der Waals surface area contributed by atoms with E-state index in [-0.39, 0.29) is 17.1 Å². The lowest BCUT2D eigenvalue weighted by atomic mass is 9.78. The van der Waals surface area contributed by atoms with Crippen molar-refractivity contribution in [1.82, 2.24) is 14.2 Å².